The molecular formula is C66H40N4. The summed E-state index contributed by atoms with van der Waals surface area (Å²) in [6, 6.07) is 87.4. The summed E-state index contributed by atoms with van der Waals surface area (Å²) in [6.45, 7) is 0. The molecule has 70 heavy (non-hydrogen) atoms. The van der Waals surface area contributed by atoms with E-state index in [4.69, 9.17) is 15.0 Å². The van der Waals surface area contributed by atoms with Gasteiger partial charge in [0.15, 0.2) is 17.5 Å². The zero-order valence-electron chi connectivity index (χ0n) is 37.9. The fraction of sp³-hybridized carbons (Fsp3) is 0. The third-order valence-corrected chi connectivity index (χ3v) is 13.8. The molecule has 0 saturated carbocycles. The van der Waals surface area contributed by atoms with E-state index in [1.54, 1.807) is 0 Å². The Balaban J connectivity index is 0.949. The van der Waals surface area contributed by atoms with Crippen molar-refractivity contribution >= 4 is 21.5 Å². The molecule has 0 spiro atoms. The summed E-state index contributed by atoms with van der Waals surface area (Å²) in [6.07, 6.45) is 0. The molecule has 11 aromatic carbocycles. The molecule has 13 rings (SSSR count). The fourth-order valence-electron chi connectivity index (χ4n) is 10.6. The van der Waals surface area contributed by atoms with E-state index in [9.17, 15) is 5.26 Å². The Kier molecular flexibility index (Phi) is 9.85. The number of fused-ring (bicyclic) bond motifs is 4. The molecule has 0 N–H and O–H groups in total. The van der Waals surface area contributed by atoms with Gasteiger partial charge in [-0.25, -0.2) is 15.0 Å². The van der Waals surface area contributed by atoms with E-state index in [1.165, 1.54) is 38.4 Å². The molecule has 0 atom stereocenters. The smallest absolute Gasteiger partial charge is 0.164 e. The predicted octanol–water partition coefficient (Wildman–Crippen LogP) is 17.0. The van der Waals surface area contributed by atoms with Crippen LogP contribution in [0.2, 0.25) is 0 Å². The Morgan fingerprint density at radius 2 is 0.714 bits per heavy atom. The highest BCUT2D eigenvalue weighted by Gasteiger charge is 2.24. The minimum absolute atomic E-state index is 0.564. The van der Waals surface area contributed by atoms with Gasteiger partial charge in [0.25, 0.3) is 0 Å². The van der Waals surface area contributed by atoms with E-state index >= 15 is 0 Å². The molecule has 0 saturated heterocycles. The lowest BCUT2D eigenvalue weighted by Crippen LogP contribution is -2.02. The lowest BCUT2D eigenvalue weighted by atomic mass is 9.85. The summed E-state index contributed by atoms with van der Waals surface area (Å²) < 4.78 is 0. The minimum Gasteiger partial charge on any atom is -0.208 e. The van der Waals surface area contributed by atoms with Gasteiger partial charge >= 0.3 is 0 Å². The highest BCUT2D eigenvalue weighted by Crippen LogP contribution is 2.49. The standard InChI is InChI=1S/C66H40N4/c67-41-48-25-16-34-56(62(48)47-24-12-23-45(39-47)46-37-38-55-57-35-14-21-43-22-15-36-58(63(43)57)61(55)40-46)52-28-7-6-27-51(52)54-30-9-11-32-60(54)66-69-64(44-18-2-1-3-19-44)68-65(70-66)59-31-10-8-29-53(59)50-33-13-20-42-17-4-5-26-49(42)50/h1-40H. The molecule has 1 heterocycles. The lowest BCUT2D eigenvalue weighted by Gasteiger charge is -2.18. The largest absolute Gasteiger partial charge is 0.208 e. The van der Waals surface area contributed by atoms with E-state index in [0.717, 1.165) is 77.7 Å². The van der Waals surface area contributed by atoms with Crippen molar-refractivity contribution in [1.29, 1.82) is 5.26 Å². The van der Waals surface area contributed by atoms with Crippen LogP contribution < -0.4 is 0 Å². The predicted molar refractivity (Wildman–Crippen MR) is 287 cm³/mol. The topological polar surface area (TPSA) is 62.5 Å². The van der Waals surface area contributed by atoms with Crippen molar-refractivity contribution in [2.45, 2.75) is 0 Å². The Morgan fingerprint density at radius 1 is 0.271 bits per heavy atom. The van der Waals surface area contributed by atoms with E-state index < -0.39 is 0 Å². The zero-order valence-corrected chi connectivity index (χ0v) is 37.9. The van der Waals surface area contributed by atoms with Gasteiger partial charge in [0.1, 0.15) is 0 Å². The summed E-state index contributed by atoms with van der Waals surface area (Å²) in [5.74, 6) is 1.74. The second-order valence-corrected chi connectivity index (χ2v) is 17.7. The average Bonchev–Trinajstić information content (AvgIpc) is 3.76. The van der Waals surface area contributed by atoms with Crippen molar-refractivity contribution in [3.05, 3.63) is 248 Å². The van der Waals surface area contributed by atoms with Gasteiger partial charge in [-0.3, -0.25) is 0 Å². The van der Waals surface area contributed by atoms with Crippen LogP contribution in [-0.2, 0) is 0 Å². The van der Waals surface area contributed by atoms with Crippen molar-refractivity contribution in [3.63, 3.8) is 0 Å². The summed E-state index contributed by atoms with van der Waals surface area (Å²) >= 11 is 0. The van der Waals surface area contributed by atoms with Gasteiger partial charge in [-0.15, -0.1) is 0 Å². The van der Waals surface area contributed by atoms with E-state index in [1.807, 2.05) is 54.6 Å². The molecule has 0 amide bonds. The van der Waals surface area contributed by atoms with Crippen LogP contribution in [0.4, 0.5) is 0 Å². The van der Waals surface area contributed by atoms with Crippen LogP contribution >= 0.6 is 0 Å². The maximum absolute atomic E-state index is 10.8. The van der Waals surface area contributed by atoms with E-state index in [2.05, 4.69) is 194 Å². The minimum atomic E-state index is 0.564. The molecule has 0 unspecified atom stereocenters. The monoisotopic (exact) mass is 888 g/mol. The molecule has 1 aliphatic carbocycles. The van der Waals surface area contributed by atoms with Gasteiger partial charge in [0.2, 0.25) is 0 Å². The molecule has 4 nitrogen and oxygen atoms in total. The van der Waals surface area contributed by atoms with Crippen LogP contribution in [0.15, 0.2) is 243 Å². The molecule has 0 aliphatic heterocycles. The summed E-state index contributed by atoms with van der Waals surface area (Å²) in [5.41, 5.74) is 18.5. The normalized spacial score (nSPS) is 11.4. The molecule has 1 aliphatic rings. The van der Waals surface area contributed by atoms with Crippen LogP contribution in [0.25, 0.3) is 134 Å². The Bertz CT molecular complexity index is 4080. The van der Waals surface area contributed by atoms with Crippen molar-refractivity contribution in [1.82, 2.24) is 15.0 Å². The molecule has 1 aromatic heterocycles. The van der Waals surface area contributed by atoms with Gasteiger partial charge in [0, 0.05) is 22.3 Å². The quantitative estimate of drug-likeness (QED) is 0.152. The zero-order chi connectivity index (χ0) is 46.5. The Morgan fingerprint density at radius 3 is 1.43 bits per heavy atom. The van der Waals surface area contributed by atoms with Gasteiger partial charge in [0.05, 0.1) is 11.6 Å². The third-order valence-electron chi connectivity index (χ3n) is 13.8. The summed E-state index contributed by atoms with van der Waals surface area (Å²) in [7, 11) is 0. The molecule has 12 aromatic rings. The van der Waals surface area contributed by atoms with Gasteiger partial charge in [-0.2, -0.15) is 5.26 Å². The first-order valence-corrected chi connectivity index (χ1v) is 23.6. The van der Waals surface area contributed by atoms with E-state index in [0.29, 0.717) is 23.0 Å². The van der Waals surface area contributed by atoms with Crippen LogP contribution in [0.1, 0.15) is 5.56 Å². The number of hydrogen-bond acceptors (Lipinski definition) is 4. The van der Waals surface area contributed by atoms with E-state index in [-0.39, 0.29) is 0 Å². The first kappa shape index (κ1) is 40.7. The van der Waals surface area contributed by atoms with Gasteiger partial charge in [-0.1, -0.05) is 224 Å². The van der Waals surface area contributed by atoms with Crippen molar-refractivity contribution in [2.75, 3.05) is 0 Å². The average molecular weight is 889 g/mol. The number of hydrogen-bond donors (Lipinski definition) is 0. The van der Waals surface area contributed by atoms with Crippen LogP contribution in [0.3, 0.4) is 0 Å². The number of nitrogens with zero attached hydrogens (tertiary/aromatic N) is 4. The molecular weight excluding hydrogens is 849 g/mol. The molecule has 0 radical (unpaired) electrons. The van der Waals surface area contributed by atoms with Crippen LogP contribution in [-0.4, -0.2) is 15.0 Å². The molecule has 4 heteroatoms. The highest BCUT2D eigenvalue weighted by molar-refractivity contribution is 6.15. The first-order valence-electron chi connectivity index (χ1n) is 23.6. The lowest BCUT2D eigenvalue weighted by molar-refractivity contribution is 1.07. The molecule has 0 fully saturated rings. The summed E-state index contributed by atoms with van der Waals surface area (Å²) in [4.78, 5) is 15.8. The second kappa shape index (κ2) is 16.9. The van der Waals surface area contributed by atoms with Crippen molar-refractivity contribution in [3.8, 4) is 118 Å². The Hall–Kier alpha value is -9.56. The van der Waals surface area contributed by atoms with Gasteiger partial charge in [-0.05, 0) is 112 Å². The molecule has 0 bridgehead atoms. The highest BCUT2D eigenvalue weighted by atomic mass is 15.0. The molecule has 324 valence electrons. The Labute approximate surface area is 406 Å². The van der Waals surface area contributed by atoms with Crippen LogP contribution in [0, 0.1) is 11.3 Å². The van der Waals surface area contributed by atoms with Gasteiger partial charge < -0.3 is 0 Å². The number of rotatable bonds is 8. The van der Waals surface area contributed by atoms with Crippen LogP contribution in [0.5, 0.6) is 0 Å². The fourth-order valence-corrected chi connectivity index (χ4v) is 10.6. The number of benzene rings is 11. The van der Waals surface area contributed by atoms with Crippen molar-refractivity contribution < 1.29 is 0 Å². The summed E-state index contributed by atoms with van der Waals surface area (Å²) in [5, 5.41) is 15.7. The number of aromatic nitrogens is 3. The third kappa shape index (κ3) is 6.88. The maximum Gasteiger partial charge on any atom is 0.164 e. The second-order valence-electron chi connectivity index (χ2n) is 17.7. The maximum atomic E-state index is 10.8. The number of nitriles is 1. The SMILES string of the molecule is N#Cc1cccc(-c2ccccc2-c2ccccc2-c2nc(-c3ccccc3)nc(-c3ccccc3-c3cccc4ccccc34)n2)c1-c1cccc(-c2ccc3c(c2)-c2cccc4cccc-3c24)c1. The first-order chi connectivity index (χ1) is 34.7. The van der Waals surface area contributed by atoms with Crippen molar-refractivity contribution in [2.24, 2.45) is 0 Å².